The summed E-state index contributed by atoms with van der Waals surface area (Å²) in [4.78, 5) is 10.5. The molecular weight excluding hydrogens is 273 g/mol. The number of benzene rings is 2. The minimum absolute atomic E-state index is 0.105. The van der Waals surface area contributed by atoms with Gasteiger partial charge in [0.15, 0.2) is 0 Å². The summed E-state index contributed by atoms with van der Waals surface area (Å²) in [5.41, 5.74) is 1.59. The molecule has 0 unspecified atom stereocenters. The number of halogens is 2. The first-order chi connectivity index (χ1) is 8.56. The van der Waals surface area contributed by atoms with Crippen molar-refractivity contribution in [2.45, 2.75) is 6.42 Å². The van der Waals surface area contributed by atoms with Crippen molar-refractivity contribution in [2.75, 3.05) is 0 Å². The number of nitrogens with zero attached hydrogens (tertiary/aromatic N) is 1. The maximum absolute atomic E-state index is 10.9. The minimum Gasteiger partial charge on any atom is -0.258 e. The normalized spacial score (nSPS) is 10.3. The highest BCUT2D eigenvalue weighted by Gasteiger charge is 2.12. The monoisotopic (exact) mass is 281 g/mol. The number of hydrogen-bond acceptors (Lipinski definition) is 2. The van der Waals surface area contributed by atoms with E-state index in [0.717, 1.165) is 5.56 Å². The maximum Gasteiger partial charge on any atom is 0.272 e. The van der Waals surface area contributed by atoms with Crippen LogP contribution in [-0.2, 0) is 6.42 Å². The molecule has 0 aliphatic carbocycles. The summed E-state index contributed by atoms with van der Waals surface area (Å²) in [5, 5.41) is 11.9. The SMILES string of the molecule is O=[N+]([O-])c1ccccc1Cc1cc(Cl)cc(Cl)c1. The Kier molecular flexibility index (Phi) is 3.84. The van der Waals surface area contributed by atoms with E-state index in [9.17, 15) is 10.1 Å². The second-order valence-electron chi connectivity index (χ2n) is 3.84. The molecule has 0 spiro atoms. The van der Waals surface area contributed by atoms with E-state index in [1.807, 2.05) is 0 Å². The molecule has 0 atom stereocenters. The van der Waals surface area contributed by atoms with Crippen molar-refractivity contribution < 1.29 is 4.92 Å². The van der Waals surface area contributed by atoms with Crippen LogP contribution in [0.15, 0.2) is 42.5 Å². The summed E-state index contributed by atoms with van der Waals surface area (Å²) in [5.74, 6) is 0. The molecule has 92 valence electrons. The fourth-order valence-electron chi connectivity index (χ4n) is 1.77. The molecule has 2 rings (SSSR count). The molecule has 0 saturated carbocycles. The molecule has 0 N–H and O–H groups in total. The minimum atomic E-state index is -0.387. The number of nitro groups is 1. The quantitative estimate of drug-likeness (QED) is 0.614. The van der Waals surface area contributed by atoms with Crippen LogP contribution in [0.3, 0.4) is 0 Å². The van der Waals surface area contributed by atoms with Gasteiger partial charge >= 0.3 is 0 Å². The predicted octanol–water partition coefficient (Wildman–Crippen LogP) is 4.49. The van der Waals surface area contributed by atoms with Crippen molar-refractivity contribution in [3.63, 3.8) is 0 Å². The third kappa shape index (κ3) is 3.00. The van der Waals surface area contributed by atoms with E-state index in [0.29, 0.717) is 22.0 Å². The van der Waals surface area contributed by atoms with E-state index in [1.54, 1.807) is 36.4 Å². The Bertz CT molecular complexity index is 579. The van der Waals surface area contributed by atoms with Crippen LogP contribution in [0.1, 0.15) is 11.1 Å². The van der Waals surface area contributed by atoms with Crippen molar-refractivity contribution >= 4 is 28.9 Å². The molecule has 2 aromatic carbocycles. The van der Waals surface area contributed by atoms with Gasteiger partial charge < -0.3 is 0 Å². The van der Waals surface area contributed by atoms with Gasteiger partial charge in [0.05, 0.1) is 4.92 Å². The highest BCUT2D eigenvalue weighted by Crippen LogP contribution is 2.25. The molecule has 0 heterocycles. The van der Waals surface area contributed by atoms with Crippen molar-refractivity contribution in [1.82, 2.24) is 0 Å². The van der Waals surface area contributed by atoms with E-state index in [4.69, 9.17) is 23.2 Å². The molecule has 0 fully saturated rings. The van der Waals surface area contributed by atoms with Crippen LogP contribution >= 0.6 is 23.2 Å². The van der Waals surface area contributed by atoms with Crippen LogP contribution in [0.2, 0.25) is 10.0 Å². The van der Waals surface area contributed by atoms with E-state index in [-0.39, 0.29) is 10.6 Å². The van der Waals surface area contributed by atoms with Gasteiger partial charge in [-0.05, 0) is 23.8 Å². The van der Waals surface area contributed by atoms with E-state index >= 15 is 0 Å². The third-order valence-electron chi connectivity index (χ3n) is 2.51. The van der Waals surface area contributed by atoms with Crippen molar-refractivity contribution in [2.24, 2.45) is 0 Å². The van der Waals surface area contributed by atoms with E-state index in [1.165, 1.54) is 6.07 Å². The molecule has 3 nitrogen and oxygen atoms in total. The first-order valence-corrected chi connectivity index (χ1v) is 5.99. The standard InChI is InChI=1S/C13H9Cl2NO2/c14-11-6-9(7-12(15)8-11)5-10-3-1-2-4-13(10)16(17)18/h1-4,6-8H,5H2. The molecule has 2 aromatic rings. The average Bonchev–Trinajstić information content (AvgIpc) is 2.27. The number of nitro benzene ring substituents is 1. The average molecular weight is 282 g/mol. The number of para-hydroxylation sites is 1. The van der Waals surface area contributed by atoms with Crippen molar-refractivity contribution in [1.29, 1.82) is 0 Å². The van der Waals surface area contributed by atoms with Crippen LogP contribution in [-0.4, -0.2) is 4.92 Å². The van der Waals surface area contributed by atoms with Crippen LogP contribution in [0, 0.1) is 10.1 Å². The zero-order chi connectivity index (χ0) is 13.1. The highest BCUT2D eigenvalue weighted by atomic mass is 35.5. The fourth-order valence-corrected chi connectivity index (χ4v) is 2.34. The third-order valence-corrected chi connectivity index (χ3v) is 2.94. The van der Waals surface area contributed by atoms with Gasteiger partial charge in [0.25, 0.3) is 5.69 Å². The first-order valence-electron chi connectivity index (χ1n) is 5.23. The summed E-state index contributed by atoms with van der Waals surface area (Å²) in [6, 6.07) is 11.8. The molecule has 18 heavy (non-hydrogen) atoms. The van der Waals surface area contributed by atoms with E-state index < -0.39 is 0 Å². The summed E-state index contributed by atoms with van der Waals surface area (Å²) >= 11 is 11.8. The Hall–Kier alpha value is -1.58. The Balaban J connectivity index is 2.37. The Morgan fingerprint density at radius 3 is 2.28 bits per heavy atom. The molecular formula is C13H9Cl2NO2. The lowest BCUT2D eigenvalue weighted by Gasteiger charge is -2.04. The van der Waals surface area contributed by atoms with Crippen LogP contribution in [0.25, 0.3) is 0 Å². The smallest absolute Gasteiger partial charge is 0.258 e. The summed E-state index contributed by atoms with van der Waals surface area (Å²) in [7, 11) is 0. The lowest BCUT2D eigenvalue weighted by Crippen LogP contribution is -1.96. The predicted molar refractivity (Wildman–Crippen MR) is 72.4 cm³/mol. The Labute approximate surface area is 114 Å². The Morgan fingerprint density at radius 1 is 1.06 bits per heavy atom. The van der Waals surface area contributed by atoms with Crippen molar-refractivity contribution in [3.05, 3.63) is 73.8 Å². The van der Waals surface area contributed by atoms with Gasteiger partial charge in [0.1, 0.15) is 0 Å². The summed E-state index contributed by atoms with van der Waals surface area (Å²) < 4.78 is 0. The van der Waals surface area contributed by atoms with E-state index in [2.05, 4.69) is 0 Å². The zero-order valence-electron chi connectivity index (χ0n) is 9.27. The molecule has 5 heteroatoms. The maximum atomic E-state index is 10.9. The van der Waals surface area contributed by atoms with Crippen LogP contribution < -0.4 is 0 Å². The highest BCUT2D eigenvalue weighted by molar-refractivity contribution is 6.34. The number of rotatable bonds is 3. The van der Waals surface area contributed by atoms with Gasteiger partial charge in [0.2, 0.25) is 0 Å². The lowest BCUT2D eigenvalue weighted by atomic mass is 10.0. The van der Waals surface area contributed by atoms with Gasteiger partial charge in [0, 0.05) is 28.1 Å². The molecule has 0 aliphatic heterocycles. The van der Waals surface area contributed by atoms with Gasteiger partial charge in [-0.1, -0.05) is 41.4 Å². The zero-order valence-corrected chi connectivity index (χ0v) is 10.8. The fraction of sp³-hybridized carbons (Fsp3) is 0.0769. The van der Waals surface area contributed by atoms with Gasteiger partial charge in [-0.15, -0.1) is 0 Å². The molecule has 0 radical (unpaired) electrons. The lowest BCUT2D eigenvalue weighted by molar-refractivity contribution is -0.385. The van der Waals surface area contributed by atoms with Crippen molar-refractivity contribution in [3.8, 4) is 0 Å². The first kappa shape index (κ1) is 12.9. The van der Waals surface area contributed by atoms with Gasteiger partial charge in [-0.25, -0.2) is 0 Å². The summed E-state index contributed by atoms with van der Waals surface area (Å²) in [6.07, 6.45) is 0.428. The van der Waals surface area contributed by atoms with Crippen LogP contribution in [0.4, 0.5) is 5.69 Å². The van der Waals surface area contributed by atoms with Crippen LogP contribution in [0.5, 0.6) is 0 Å². The molecule has 0 bridgehead atoms. The second kappa shape index (κ2) is 5.38. The van der Waals surface area contributed by atoms with Gasteiger partial charge in [-0.2, -0.15) is 0 Å². The molecule has 0 aromatic heterocycles. The Morgan fingerprint density at radius 2 is 1.67 bits per heavy atom. The molecule has 0 aliphatic rings. The topological polar surface area (TPSA) is 43.1 Å². The summed E-state index contributed by atoms with van der Waals surface area (Å²) in [6.45, 7) is 0. The number of hydrogen-bond donors (Lipinski definition) is 0. The van der Waals surface area contributed by atoms with Gasteiger partial charge in [-0.3, -0.25) is 10.1 Å². The second-order valence-corrected chi connectivity index (χ2v) is 4.71. The molecule has 0 amide bonds. The largest absolute Gasteiger partial charge is 0.272 e. The molecule has 0 saturated heterocycles.